The number of hydrogen-bond acceptors (Lipinski definition) is 7. The Kier molecular flexibility index (Phi) is 4.06. The lowest BCUT2D eigenvalue weighted by Crippen LogP contribution is -2.15. The summed E-state index contributed by atoms with van der Waals surface area (Å²) in [6.07, 6.45) is 1.03. The molecule has 21 heavy (non-hydrogen) atoms. The van der Waals surface area contributed by atoms with E-state index in [4.69, 9.17) is 4.42 Å². The molecule has 2 aromatic rings. The Labute approximate surface area is 125 Å². The molecule has 2 heterocycles. The molecule has 9 heteroatoms. The van der Waals surface area contributed by atoms with E-state index >= 15 is 0 Å². The predicted octanol–water partition coefficient (Wildman–Crippen LogP) is 2.60. The van der Waals surface area contributed by atoms with Gasteiger partial charge in [0.15, 0.2) is 14.8 Å². The van der Waals surface area contributed by atoms with E-state index < -0.39 is 14.8 Å². The van der Waals surface area contributed by atoms with Crippen LogP contribution in [0.25, 0.3) is 0 Å². The van der Waals surface area contributed by atoms with Crippen molar-refractivity contribution in [3.05, 3.63) is 39.8 Å². The molecule has 0 bridgehead atoms. The quantitative estimate of drug-likeness (QED) is 0.618. The summed E-state index contributed by atoms with van der Waals surface area (Å²) in [6.45, 7) is 2.12. The van der Waals surface area contributed by atoms with Crippen LogP contribution in [0.2, 0.25) is 0 Å². The van der Waals surface area contributed by atoms with Crippen LogP contribution in [0, 0.1) is 17.0 Å². The summed E-state index contributed by atoms with van der Waals surface area (Å²) in [5.41, 5.74) is -0.216. The van der Waals surface area contributed by atoms with Crippen LogP contribution < -0.4 is 4.90 Å². The second kappa shape index (κ2) is 5.49. The van der Waals surface area contributed by atoms with Gasteiger partial charge in [0.25, 0.3) is 0 Å². The highest BCUT2D eigenvalue weighted by atomic mass is 32.2. The summed E-state index contributed by atoms with van der Waals surface area (Å²) in [7, 11) is -1.82. The first-order valence-corrected chi connectivity index (χ1v) is 8.64. The average molecular weight is 330 g/mol. The van der Waals surface area contributed by atoms with Crippen molar-refractivity contribution in [2.24, 2.45) is 0 Å². The largest absolute Gasteiger partial charge is 0.464 e. The van der Waals surface area contributed by atoms with Crippen LogP contribution in [0.3, 0.4) is 0 Å². The standard InChI is InChI=1S/C12H14N2O5S2/c1-8-4-5-9(19-8)7-13(2)12-10(14(15)16)6-11(20-12)21(3,17)18/h4-6H,7H2,1-3H3. The minimum atomic E-state index is -3.48. The van der Waals surface area contributed by atoms with Gasteiger partial charge in [0.05, 0.1) is 11.5 Å². The van der Waals surface area contributed by atoms with Crippen LogP contribution in [0.15, 0.2) is 26.8 Å². The Morgan fingerprint density at radius 1 is 1.43 bits per heavy atom. The van der Waals surface area contributed by atoms with Gasteiger partial charge in [0.1, 0.15) is 15.7 Å². The number of nitrogens with zero attached hydrogens (tertiary/aromatic N) is 2. The first-order valence-electron chi connectivity index (χ1n) is 5.93. The topological polar surface area (TPSA) is 93.7 Å². The molecule has 0 spiro atoms. The highest BCUT2D eigenvalue weighted by Crippen LogP contribution is 2.39. The molecule has 114 valence electrons. The van der Waals surface area contributed by atoms with Crippen molar-refractivity contribution in [2.45, 2.75) is 17.7 Å². The van der Waals surface area contributed by atoms with Gasteiger partial charge in [-0.25, -0.2) is 8.42 Å². The van der Waals surface area contributed by atoms with Crippen molar-refractivity contribution < 1.29 is 17.8 Å². The first-order chi connectivity index (χ1) is 9.68. The normalized spacial score (nSPS) is 11.6. The number of aryl methyl sites for hydroxylation is 1. The third-order valence-electron chi connectivity index (χ3n) is 2.77. The molecule has 0 unspecified atom stereocenters. The highest BCUT2D eigenvalue weighted by Gasteiger charge is 2.26. The van der Waals surface area contributed by atoms with Crippen molar-refractivity contribution in [2.75, 3.05) is 18.2 Å². The molecule has 7 nitrogen and oxygen atoms in total. The fourth-order valence-electron chi connectivity index (χ4n) is 1.81. The van der Waals surface area contributed by atoms with Crippen LogP contribution in [0.1, 0.15) is 11.5 Å². The molecular weight excluding hydrogens is 316 g/mol. The van der Waals surface area contributed by atoms with E-state index in [2.05, 4.69) is 0 Å². The molecule has 0 N–H and O–H groups in total. The van der Waals surface area contributed by atoms with Crippen molar-refractivity contribution in [1.82, 2.24) is 0 Å². The summed E-state index contributed by atoms with van der Waals surface area (Å²) in [6, 6.07) is 4.68. The molecule has 0 aliphatic rings. The number of furan rings is 1. The van der Waals surface area contributed by atoms with Crippen molar-refractivity contribution in [3.8, 4) is 0 Å². The van der Waals surface area contributed by atoms with Crippen LogP contribution in [-0.4, -0.2) is 26.6 Å². The Morgan fingerprint density at radius 3 is 2.57 bits per heavy atom. The molecule has 0 aromatic carbocycles. The molecule has 0 amide bonds. The smallest absolute Gasteiger partial charge is 0.305 e. The lowest BCUT2D eigenvalue weighted by molar-refractivity contribution is -0.383. The molecule has 0 radical (unpaired) electrons. The van der Waals surface area contributed by atoms with Crippen molar-refractivity contribution >= 4 is 31.9 Å². The molecule has 0 aliphatic carbocycles. The fraction of sp³-hybridized carbons (Fsp3) is 0.333. The van der Waals surface area contributed by atoms with Crippen molar-refractivity contribution in [3.63, 3.8) is 0 Å². The maximum Gasteiger partial charge on any atom is 0.305 e. The average Bonchev–Trinajstić information content (AvgIpc) is 2.94. The second-order valence-electron chi connectivity index (χ2n) is 4.65. The van der Waals surface area contributed by atoms with Gasteiger partial charge < -0.3 is 9.32 Å². The monoisotopic (exact) mass is 330 g/mol. The van der Waals surface area contributed by atoms with Crippen LogP contribution >= 0.6 is 11.3 Å². The Morgan fingerprint density at radius 2 is 2.10 bits per heavy atom. The molecule has 0 fully saturated rings. The molecule has 2 aromatic heterocycles. The van der Waals surface area contributed by atoms with E-state index in [9.17, 15) is 18.5 Å². The van der Waals surface area contributed by atoms with E-state index in [0.717, 1.165) is 29.4 Å². The number of hydrogen-bond donors (Lipinski definition) is 0. The van der Waals surface area contributed by atoms with Crippen LogP contribution in [0.5, 0.6) is 0 Å². The number of nitro groups is 1. The zero-order valence-electron chi connectivity index (χ0n) is 11.7. The molecule has 0 aliphatic heterocycles. The number of anilines is 1. The van der Waals surface area contributed by atoms with E-state index in [1.54, 1.807) is 31.0 Å². The van der Waals surface area contributed by atoms with Gasteiger partial charge in [-0.15, -0.1) is 0 Å². The third kappa shape index (κ3) is 3.42. The van der Waals surface area contributed by atoms with E-state index in [-0.39, 0.29) is 14.9 Å². The highest BCUT2D eigenvalue weighted by molar-refractivity contribution is 7.92. The second-order valence-corrected chi connectivity index (χ2v) is 7.93. The van der Waals surface area contributed by atoms with Gasteiger partial charge in [-0.05, 0) is 19.1 Å². The summed E-state index contributed by atoms with van der Waals surface area (Å²) < 4.78 is 28.5. The van der Waals surface area contributed by atoms with Gasteiger partial charge in [-0.3, -0.25) is 10.1 Å². The molecule has 0 saturated carbocycles. The lowest BCUT2D eigenvalue weighted by atomic mass is 10.4. The lowest BCUT2D eigenvalue weighted by Gasteiger charge is -2.14. The minimum Gasteiger partial charge on any atom is -0.464 e. The van der Waals surface area contributed by atoms with Gasteiger partial charge in [0, 0.05) is 19.4 Å². The molecule has 0 saturated heterocycles. The first kappa shape index (κ1) is 15.5. The maximum absolute atomic E-state index is 11.6. The summed E-state index contributed by atoms with van der Waals surface area (Å²) in [5, 5.41) is 11.4. The number of rotatable bonds is 5. The fourth-order valence-corrected chi connectivity index (χ4v) is 3.80. The maximum atomic E-state index is 11.6. The van der Waals surface area contributed by atoms with E-state index in [1.807, 2.05) is 0 Å². The third-order valence-corrected chi connectivity index (χ3v) is 5.81. The zero-order chi connectivity index (χ0) is 15.8. The van der Waals surface area contributed by atoms with Gasteiger partial charge in [-0.2, -0.15) is 0 Å². The summed E-state index contributed by atoms with van der Waals surface area (Å²) >= 11 is 0.884. The molecular formula is C12H14N2O5S2. The van der Waals surface area contributed by atoms with Crippen LogP contribution in [-0.2, 0) is 16.4 Å². The number of sulfone groups is 1. The Balaban J connectivity index is 2.37. The van der Waals surface area contributed by atoms with Gasteiger partial charge >= 0.3 is 5.69 Å². The summed E-state index contributed by atoms with van der Waals surface area (Å²) in [4.78, 5) is 12.1. The van der Waals surface area contributed by atoms with Crippen LogP contribution in [0.4, 0.5) is 10.7 Å². The number of thiophene rings is 1. The minimum absolute atomic E-state index is 0.0216. The SMILES string of the molecule is Cc1ccc(CN(C)c2sc(S(C)(=O)=O)cc2[N+](=O)[O-])o1. The van der Waals surface area contributed by atoms with E-state index in [1.165, 1.54) is 0 Å². The Bertz CT molecular complexity index is 775. The van der Waals surface area contributed by atoms with Crippen molar-refractivity contribution in [1.29, 1.82) is 0 Å². The summed E-state index contributed by atoms with van der Waals surface area (Å²) in [5.74, 6) is 1.40. The van der Waals surface area contributed by atoms with E-state index in [0.29, 0.717) is 12.3 Å². The molecule has 0 atom stereocenters. The molecule has 2 rings (SSSR count). The van der Waals surface area contributed by atoms with Gasteiger partial charge in [0.2, 0.25) is 0 Å². The predicted molar refractivity (Wildman–Crippen MR) is 79.6 cm³/mol. The Hall–Kier alpha value is -1.87. The van der Waals surface area contributed by atoms with Gasteiger partial charge in [-0.1, -0.05) is 11.3 Å². The zero-order valence-corrected chi connectivity index (χ0v) is 13.3.